The van der Waals surface area contributed by atoms with Gasteiger partial charge in [-0.2, -0.15) is 0 Å². The van der Waals surface area contributed by atoms with Crippen LogP contribution in [0, 0.1) is 0 Å². The highest BCUT2D eigenvalue weighted by atomic mass is 15.1. The Hall–Kier alpha value is -0.860. The predicted molar refractivity (Wildman–Crippen MR) is 84.6 cm³/mol. The van der Waals surface area contributed by atoms with Crippen molar-refractivity contribution < 1.29 is 0 Å². The van der Waals surface area contributed by atoms with E-state index >= 15 is 0 Å². The Balaban J connectivity index is 2.58. The first-order valence-corrected chi connectivity index (χ1v) is 7.34. The summed E-state index contributed by atoms with van der Waals surface area (Å²) in [6.07, 6.45) is 1.20. The highest BCUT2D eigenvalue weighted by Crippen LogP contribution is 2.19. The number of hydrogen-bond acceptors (Lipinski definition) is 2. The van der Waals surface area contributed by atoms with Crippen LogP contribution in [0.3, 0.4) is 0 Å². The van der Waals surface area contributed by atoms with Crippen molar-refractivity contribution >= 4 is 0 Å². The van der Waals surface area contributed by atoms with E-state index in [1.807, 2.05) is 7.05 Å². The largest absolute Gasteiger partial charge is 0.314 e. The molecule has 0 heterocycles. The van der Waals surface area contributed by atoms with Crippen LogP contribution in [-0.4, -0.2) is 31.1 Å². The second kappa shape index (κ2) is 7.06. The average molecular weight is 262 g/mol. The summed E-state index contributed by atoms with van der Waals surface area (Å²) in [5, 5.41) is 3.35. The smallest absolute Gasteiger partial charge is 0.0249 e. The molecule has 1 atom stereocenters. The number of rotatable bonds is 7. The summed E-state index contributed by atoms with van der Waals surface area (Å²) in [6, 6.07) is 9.09. The summed E-state index contributed by atoms with van der Waals surface area (Å²) in [5.41, 5.74) is 3.00. The summed E-state index contributed by atoms with van der Waals surface area (Å²) >= 11 is 0. The SMILES string of the molecule is CCC(C)c1ccc(CN(C)CC(C)(C)NC)cc1. The molecule has 0 aliphatic carbocycles. The minimum atomic E-state index is 0.158. The van der Waals surface area contributed by atoms with E-state index in [4.69, 9.17) is 0 Å². The lowest BCUT2D eigenvalue weighted by Crippen LogP contribution is -2.46. The summed E-state index contributed by atoms with van der Waals surface area (Å²) in [7, 11) is 4.20. The summed E-state index contributed by atoms with van der Waals surface area (Å²) in [4.78, 5) is 2.37. The van der Waals surface area contributed by atoms with Gasteiger partial charge in [-0.15, -0.1) is 0 Å². The van der Waals surface area contributed by atoms with Gasteiger partial charge in [-0.25, -0.2) is 0 Å². The summed E-state index contributed by atoms with van der Waals surface area (Å²) in [5.74, 6) is 0.662. The number of nitrogens with one attached hydrogen (secondary N) is 1. The van der Waals surface area contributed by atoms with Gasteiger partial charge in [0, 0.05) is 18.6 Å². The summed E-state index contributed by atoms with van der Waals surface area (Å²) in [6.45, 7) is 11.0. The zero-order valence-electron chi connectivity index (χ0n) is 13.5. The predicted octanol–water partition coefficient (Wildman–Crippen LogP) is 3.63. The first-order valence-electron chi connectivity index (χ1n) is 7.34. The standard InChI is InChI=1S/C17H30N2/c1-7-14(2)16-10-8-15(9-11-16)12-19(6)13-17(3,4)18-5/h8-11,14,18H,7,12-13H2,1-6H3. The van der Waals surface area contributed by atoms with Crippen molar-refractivity contribution in [2.45, 2.75) is 52.1 Å². The van der Waals surface area contributed by atoms with Crippen molar-refractivity contribution in [3.8, 4) is 0 Å². The van der Waals surface area contributed by atoms with Crippen LogP contribution < -0.4 is 5.32 Å². The van der Waals surface area contributed by atoms with Gasteiger partial charge < -0.3 is 10.2 Å². The van der Waals surface area contributed by atoms with Gasteiger partial charge in [0.1, 0.15) is 0 Å². The fourth-order valence-electron chi connectivity index (χ4n) is 2.31. The van der Waals surface area contributed by atoms with E-state index in [2.05, 4.69) is 69.2 Å². The number of nitrogens with zero attached hydrogens (tertiary/aromatic N) is 1. The average Bonchev–Trinajstić information content (AvgIpc) is 2.38. The molecule has 2 nitrogen and oxygen atoms in total. The van der Waals surface area contributed by atoms with E-state index in [1.165, 1.54) is 17.5 Å². The Bertz CT molecular complexity index is 367. The molecule has 0 saturated heterocycles. The lowest BCUT2D eigenvalue weighted by molar-refractivity contribution is 0.238. The molecule has 0 aliphatic heterocycles. The second-order valence-corrected chi connectivity index (χ2v) is 6.36. The van der Waals surface area contributed by atoms with Gasteiger partial charge in [0.05, 0.1) is 0 Å². The number of hydrogen-bond donors (Lipinski definition) is 1. The van der Waals surface area contributed by atoms with Crippen LogP contribution in [0.15, 0.2) is 24.3 Å². The normalized spacial score (nSPS) is 13.8. The van der Waals surface area contributed by atoms with Gasteiger partial charge in [0.15, 0.2) is 0 Å². The molecule has 1 unspecified atom stereocenters. The minimum absolute atomic E-state index is 0.158. The Morgan fingerprint density at radius 1 is 1.21 bits per heavy atom. The molecule has 2 heteroatoms. The zero-order valence-corrected chi connectivity index (χ0v) is 13.5. The van der Waals surface area contributed by atoms with Gasteiger partial charge >= 0.3 is 0 Å². The van der Waals surface area contributed by atoms with Gasteiger partial charge in [-0.1, -0.05) is 38.1 Å². The van der Waals surface area contributed by atoms with E-state index < -0.39 is 0 Å². The van der Waals surface area contributed by atoms with Gasteiger partial charge in [0.25, 0.3) is 0 Å². The molecule has 1 N–H and O–H groups in total. The van der Waals surface area contributed by atoms with Crippen LogP contribution in [0.2, 0.25) is 0 Å². The number of benzene rings is 1. The minimum Gasteiger partial charge on any atom is -0.314 e. The lowest BCUT2D eigenvalue weighted by Gasteiger charge is -2.30. The molecule has 0 bridgehead atoms. The van der Waals surface area contributed by atoms with Crippen molar-refractivity contribution in [2.75, 3.05) is 20.6 Å². The maximum absolute atomic E-state index is 3.35. The molecule has 1 rings (SSSR count). The van der Waals surface area contributed by atoms with E-state index in [9.17, 15) is 0 Å². The van der Waals surface area contributed by atoms with Crippen LogP contribution in [0.25, 0.3) is 0 Å². The Morgan fingerprint density at radius 3 is 2.26 bits per heavy atom. The molecule has 1 aromatic carbocycles. The highest BCUT2D eigenvalue weighted by Gasteiger charge is 2.17. The topological polar surface area (TPSA) is 15.3 Å². The van der Waals surface area contributed by atoms with E-state index in [0.717, 1.165) is 13.1 Å². The molecule has 0 saturated carbocycles. The van der Waals surface area contributed by atoms with Crippen molar-refractivity contribution in [3.63, 3.8) is 0 Å². The Kier molecular flexibility index (Phi) is 6.02. The van der Waals surface area contributed by atoms with E-state index in [-0.39, 0.29) is 5.54 Å². The fourth-order valence-corrected chi connectivity index (χ4v) is 2.31. The molecular formula is C17H30N2. The molecule has 0 radical (unpaired) electrons. The van der Waals surface area contributed by atoms with Crippen LogP contribution in [0.1, 0.15) is 51.2 Å². The quantitative estimate of drug-likeness (QED) is 0.807. The van der Waals surface area contributed by atoms with Gasteiger partial charge in [0.2, 0.25) is 0 Å². The van der Waals surface area contributed by atoms with Crippen molar-refractivity contribution in [1.82, 2.24) is 10.2 Å². The molecule has 0 aliphatic rings. The van der Waals surface area contributed by atoms with Crippen molar-refractivity contribution in [2.24, 2.45) is 0 Å². The maximum atomic E-state index is 3.35. The van der Waals surface area contributed by atoms with Crippen molar-refractivity contribution in [1.29, 1.82) is 0 Å². The molecule has 0 amide bonds. The molecule has 0 spiro atoms. The second-order valence-electron chi connectivity index (χ2n) is 6.36. The highest BCUT2D eigenvalue weighted by molar-refractivity contribution is 5.25. The van der Waals surface area contributed by atoms with E-state index in [0.29, 0.717) is 5.92 Å². The van der Waals surface area contributed by atoms with Crippen LogP contribution >= 0.6 is 0 Å². The molecular weight excluding hydrogens is 232 g/mol. The van der Waals surface area contributed by atoms with Crippen LogP contribution in [-0.2, 0) is 6.54 Å². The van der Waals surface area contributed by atoms with E-state index in [1.54, 1.807) is 0 Å². The first kappa shape index (κ1) is 16.2. The van der Waals surface area contributed by atoms with Crippen LogP contribution in [0.4, 0.5) is 0 Å². The number of likely N-dealkylation sites (N-methyl/N-ethyl adjacent to an activating group) is 2. The Morgan fingerprint density at radius 2 is 1.79 bits per heavy atom. The molecule has 0 fully saturated rings. The maximum Gasteiger partial charge on any atom is 0.0249 e. The molecule has 1 aromatic rings. The summed E-state index contributed by atoms with van der Waals surface area (Å²) < 4.78 is 0. The first-order chi connectivity index (χ1) is 8.88. The Labute approximate surface area is 119 Å². The van der Waals surface area contributed by atoms with Crippen molar-refractivity contribution in [3.05, 3.63) is 35.4 Å². The van der Waals surface area contributed by atoms with Gasteiger partial charge in [-0.3, -0.25) is 0 Å². The third-order valence-corrected chi connectivity index (χ3v) is 3.96. The zero-order chi connectivity index (χ0) is 14.5. The molecule has 108 valence electrons. The molecule has 19 heavy (non-hydrogen) atoms. The third kappa shape index (κ3) is 5.33. The fraction of sp³-hybridized carbons (Fsp3) is 0.647. The monoisotopic (exact) mass is 262 g/mol. The lowest BCUT2D eigenvalue weighted by atomic mass is 9.97. The third-order valence-electron chi connectivity index (χ3n) is 3.96. The van der Waals surface area contributed by atoms with Crippen LogP contribution in [0.5, 0.6) is 0 Å². The van der Waals surface area contributed by atoms with Gasteiger partial charge in [-0.05, 0) is 51.4 Å². The molecule has 0 aromatic heterocycles.